The average Bonchev–Trinajstić information content (AvgIpc) is 2.48. The molecule has 0 bridgehead atoms. The molecule has 0 aliphatic carbocycles. The Labute approximate surface area is 127 Å². The molecule has 2 aromatic rings. The zero-order valence-corrected chi connectivity index (χ0v) is 13.1. The zero-order chi connectivity index (χ0) is 15.4. The fraction of sp³-hybridized carbons (Fsp3) is 0.368. The van der Waals surface area contributed by atoms with E-state index in [-0.39, 0.29) is 5.92 Å². The minimum atomic E-state index is 0.203. The van der Waals surface area contributed by atoms with Crippen LogP contribution in [-0.4, -0.2) is 10.2 Å². The number of aromatic hydroxyl groups is 2. The van der Waals surface area contributed by atoms with Crippen LogP contribution < -0.4 is 0 Å². The Bertz CT molecular complexity index is 563. The average molecular weight is 284 g/mol. The van der Waals surface area contributed by atoms with E-state index in [0.29, 0.717) is 11.5 Å². The Morgan fingerprint density at radius 3 is 1.52 bits per heavy atom. The molecule has 0 fully saturated rings. The maximum Gasteiger partial charge on any atom is 0.119 e. The van der Waals surface area contributed by atoms with Crippen LogP contribution in [0.2, 0.25) is 0 Å². The summed E-state index contributed by atoms with van der Waals surface area (Å²) in [7, 11) is 0. The Kier molecular flexibility index (Phi) is 4.89. The highest BCUT2D eigenvalue weighted by molar-refractivity contribution is 5.49. The summed E-state index contributed by atoms with van der Waals surface area (Å²) < 4.78 is 0. The molecule has 0 spiro atoms. The number of hydrogen-bond donors (Lipinski definition) is 2. The van der Waals surface area contributed by atoms with Gasteiger partial charge in [0.25, 0.3) is 0 Å². The molecule has 0 aliphatic heterocycles. The third-order valence-corrected chi connectivity index (χ3v) is 4.24. The molecule has 0 atom stereocenters. The third-order valence-electron chi connectivity index (χ3n) is 4.24. The van der Waals surface area contributed by atoms with E-state index in [4.69, 9.17) is 0 Å². The van der Waals surface area contributed by atoms with Crippen LogP contribution in [0, 0.1) is 0 Å². The van der Waals surface area contributed by atoms with Gasteiger partial charge < -0.3 is 10.2 Å². The first-order valence-electron chi connectivity index (χ1n) is 7.75. The van der Waals surface area contributed by atoms with Gasteiger partial charge in [0.1, 0.15) is 11.5 Å². The second-order valence-electron chi connectivity index (χ2n) is 5.36. The molecule has 0 unspecified atom stereocenters. The largest absolute Gasteiger partial charge is 0.508 e. The highest BCUT2D eigenvalue weighted by atomic mass is 16.3. The second-order valence-corrected chi connectivity index (χ2v) is 5.36. The Morgan fingerprint density at radius 2 is 1.19 bits per heavy atom. The van der Waals surface area contributed by atoms with Crippen LogP contribution in [0.4, 0.5) is 0 Å². The van der Waals surface area contributed by atoms with Gasteiger partial charge in [-0.25, -0.2) is 0 Å². The van der Waals surface area contributed by atoms with Crippen molar-refractivity contribution in [3.8, 4) is 11.5 Å². The molecule has 0 saturated heterocycles. The maximum atomic E-state index is 10.1. The van der Waals surface area contributed by atoms with Gasteiger partial charge in [-0.05, 0) is 53.6 Å². The summed E-state index contributed by atoms with van der Waals surface area (Å²) in [5, 5.41) is 20.2. The minimum Gasteiger partial charge on any atom is -0.508 e. The second kappa shape index (κ2) is 6.66. The number of rotatable bonds is 5. The molecule has 0 radical (unpaired) electrons. The first kappa shape index (κ1) is 15.4. The summed E-state index contributed by atoms with van der Waals surface area (Å²) in [6, 6.07) is 11.5. The lowest BCUT2D eigenvalue weighted by molar-refractivity contribution is 0.465. The molecule has 0 amide bonds. The molecule has 0 aromatic heterocycles. The van der Waals surface area contributed by atoms with Crippen molar-refractivity contribution in [3.05, 3.63) is 58.7 Å². The lowest BCUT2D eigenvalue weighted by Crippen LogP contribution is -2.06. The predicted molar refractivity (Wildman–Crippen MR) is 87.1 cm³/mol. The van der Waals surface area contributed by atoms with Crippen molar-refractivity contribution in [3.63, 3.8) is 0 Å². The van der Waals surface area contributed by atoms with Crippen molar-refractivity contribution in [2.45, 2.75) is 46.0 Å². The summed E-state index contributed by atoms with van der Waals surface area (Å²) in [5.74, 6) is 0.937. The molecule has 2 nitrogen and oxygen atoms in total. The summed E-state index contributed by atoms with van der Waals surface area (Å²) in [6.45, 7) is 6.28. The Hall–Kier alpha value is -1.96. The van der Waals surface area contributed by atoms with Crippen molar-refractivity contribution in [1.82, 2.24) is 0 Å². The zero-order valence-electron chi connectivity index (χ0n) is 13.1. The number of phenolic OH excluding ortho intramolecular Hbond substituents is 2. The molecule has 21 heavy (non-hydrogen) atoms. The van der Waals surface area contributed by atoms with Gasteiger partial charge in [-0.15, -0.1) is 0 Å². The van der Waals surface area contributed by atoms with Gasteiger partial charge in [0.05, 0.1) is 0 Å². The van der Waals surface area contributed by atoms with Crippen molar-refractivity contribution in [2.75, 3.05) is 0 Å². The van der Waals surface area contributed by atoms with Crippen LogP contribution in [0.15, 0.2) is 36.4 Å². The fourth-order valence-corrected chi connectivity index (χ4v) is 3.21. The van der Waals surface area contributed by atoms with E-state index in [0.717, 1.165) is 30.4 Å². The summed E-state index contributed by atoms with van der Waals surface area (Å²) in [5.41, 5.74) is 4.35. The monoisotopic (exact) mass is 284 g/mol. The molecule has 2 aromatic carbocycles. The predicted octanol–water partition coefficient (Wildman–Crippen LogP) is 4.76. The first-order valence-corrected chi connectivity index (χ1v) is 7.75. The summed E-state index contributed by atoms with van der Waals surface area (Å²) in [4.78, 5) is 0. The van der Waals surface area contributed by atoms with Crippen LogP contribution in [-0.2, 0) is 12.8 Å². The van der Waals surface area contributed by atoms with E-state index in [9.17, 15) is 10.2 Å². The number of hydrogen-bond acceptors (Lipinski definition) is 2. The van der Waals surface area contributed by atoms with Gasteiger partial charge in [-0.1, -0.05) is 45.0 Å². The molecule has 2 heteroatoms. The van der Waals surface area contributed by atoms with Gasteiger partial charge in [-0.2, -0.15) is 0 Å². The smallest absolute Gasteiger partial charge is 0.119 e. The van der Waals surface area contributed by atoms with Gasteiger partial charge in [0, 0.05) is 5.92 Å². The van der Waals surface area contributed by atoms with Crippen molar-refractivity contribution < 1.29 is 10.2 Å². The highest BCUT2D eigenvalue weighted by Crippen LogP contribution is 2.38. The van der Waals surface area contributed by atoms with E-state index in [2.05, 4.69) is 32.9 Å². The van der Waals surface area contributed by atoms with Gasteiger partial charge in [-0.3, -0.25) is 0 Å². The lowest BCUT2D eigenvalue weighted by Gasteiger charge is -2.23. The molecule has 0 heterocycles. The van der Waals surface area contributed by atoms with Crippen molar-refractivity contribution >= 4 is 0 Å². The summed E-state index contributed by atoms with van der Waals surface area (Å²) >= 11 is 0. The van der Waals surface area contributed by atoms with Gasteiger partial charge in [0.2, 0.25) is 0 Å². The van der Waals surface area contributed by atoms with Crippen LogP contribution in [0.5, 0.6) is 11.5 Å². The van der Waals surface area contributed by atoms with E-state index < -0.39 is 0 Å². The van der Waals surface area contributed by atoms with Crippen molar-refractivity contribution in [2.24, 2.45) is 0 Å². The molecular formula is C19H24O2. The summed E-state index contributed by atoms with van der Waals surface area (Å²) in [6.07, 6.45) is 2.55. The van der Waals surface area contributed by atoms with E-state index >= 15 is 0 Å². The topological polar surface area (TPSA) is 40.5 Å². The van der Waals surface area contributed by atoms with E-state index in [1.165, 1.54) is 11.1 Å². The van der Waals surface area contributed by atoms with Crippen LogP contribution in [0.1, 0.15) is 55.4 Å². The maximum absolute atomic E-state index is 10.1. The highest BCUT2D eigenvalue weighted by Gasteiger charge is 2.20. The van der Waals surface area contributed by atoms with Gasteiger partial charge in [0.15, 0.2) is 0 Å². The third kappa shape index (κ3) is 2.90. The minimum absolute atomic E-state index is 0.203. The first-order chi connectivity index (χ1) is 10.1. The molecular weight excluding hydrogens is 260 g/mol. The quantitative estimate of drug-likeness (QED) is 0.830. The SMILES string of the molecule is CCc1c(O)cccc1C(CC)c1cccc(O)c1CC. The normalized spacial score (nSPS) is 11.0. The van der Waals surface area contributed by atoms with Crippen LogP contribution >= 0.6 is 0 Å². The van der Waals surface area contributed by atoms with Gasteiger partial charge >= 0.3 is 0 Å². The molecule has 0 saturated carbocycles. The Morgan fingerprint density at radius 1 is 0.762 bits per heavy atom. The van der Waals surface area contributed by atoms with Crippen LogP contribution in [0.3, 0.4) is 0 Å². The molecule has 0 aliphatic rings. The fourth-order valence-electron chi connectivity index (χ4n) is 3.21. The molecule has 112 valence electrons. The van der Waals surface area contributed by atoms with Crippen molar-refractivity contribution in [1.29, 1.82) is 0 Å². The Balaban J connectivity index is 2.61. The number of benzene rings is 2. The lowest BCUT2D eigenvalue weighted by atomic mass is 9.82. The number of phenols is 2. The van der Waals surface area contributed by atoms with E-state index in [1.807, 2.05) is 12.1 Å². The molecule has 2 rings (SSSR count). The standard InChI is InChI=1S/C19H24O2/c1-4-13(16-9-7-11-18(20)14(16)5-2)17-10-8-12-19(21)15(17)6-3/h7-13,20-21H,4-6H2,1-3H3. The van der Waals surface area contributed by atoms with E-state index in [1.54, 1.807) is 12.1 Å². The molecule has 2 N–H and O–H groups in total. The van der Waals surface area contributed by atoms with Crippen LogP contribution in [0.25, 0.3) is 0 Å².